The highest BCUT2D eigenvalue weighted by molar-refractivity contribution is 6.31. The predicted octanol–water partition coefficient (Wildman–Crippen LogP) is 3.03. The Balaban J connectivity index is 2.34. The quantitative estimate of drug-likeness (QED) is 0.766. The monoisotopic (exact) mass is 238 g/mol. The van der Waals surface area contributed by atoms with Crippen LogP contribution < -0.4 is 0 Å². The Hall–Kier alpha value is -1.06. The van der Waals surface area contributed by atoms with Gasteiger partial charge >= 0.3 is 0 Å². The summed E-state index contributed by atoms with van der Waals surface area (Å²) in [6, 6.07) is 5.76. The van der Waals surface area contributed by atoms with Gasteiger partial charge in [-0.25, -0.2) is 4.98 Å². The van der Waals surface area contributed by atoms with E-state index >= 15 is 0 Å². The molecule has 1 aromatic heterocycles. The van der Waals surface area contributed by atoms with Crippen molar-refractivity contribution in [3.8, 4) is 0 Å². The molecule has 2 aromatic rings. The van der Waals surface area contributed by atoms with E-state index < -0.39 is 0 Å². The van der Waals surface area contributed by atoms with Gasteiger partial charge in [-0.1, -0.05) is 11.6 Å². The average molecular weight is 239 g/mol. The SMILES string of the molecule is CCOCCn1c(C)nc2ccc(Cl)cc21. The van der Waals surface area contributed by atoms with E-state index in [1.54, 1.807) is 0 Å². The number of aryl methyl sites for hydroxylation is 1. The highest BCUT2D eigenvalue weighted by Crippen LogP contribution is 2.20. The number of hydrogen-bond donors (Lipinski definition) is 0. The first-order valence-corrected chi connectivity index (χ1v) is 5.80. The van der Waals surface area contributed by atoms with Crippen LogP contribution >= 0.6 is 11.6 Å². The molecule has 4 heteroatoms. The summed E-state index contributed by atoms with van der Waals surface area (Å²) in [5.41, 5.74) is 2.06. The Morgan fingerprint density at radius 2 is 2.25 bits per heavy atom. The van der Waals surface area contributed by atoms with Gasteiger partial charge in [0.1, 0.15) is 5.82 Å². The first-order valence-electron chi connectivity index (χ1n) is 5.42. The van der Waals surface area contributed by atoms with E-state index in [2.05, 4.69) is 9.55 Å². The molecule has 0 saturated carbocycles. The van der Waals surface area contributed by atoms with Gasteiger partial charge in [0.15, 0.2) is 0 Å². The van der Waals surface area contributed by atoms with E-state index in [1.165, 1.54) is 0 Å². The Morgan fingerprint density at radius 3 is 3.00 bits per heavy atom. The first kappa shape index (κ1) is 11.4. The van der Waals surface area contributed by atoms with Gasteiger partial charge in [-0.05, 0) is 32.0 Å². The van der Waals surface area contributed by atoms with Crippen molar-refractivity contribution in [1.82, 2.24) is 9.55 Å². The Bertz CT molecular complexity index is 493. The summed E-state index contributed by atoms with van der Waals surface area (Å²) in [4.78, 5) is 4.48. The maximum atomic E-state index is 5.99. The highest BCUT2D eigenvalue weighted by atomic mass is 35.5. The molecule has 0 aliphatic heterocycles. The van der Waals surface area contributed by atoms with Gasteiger partial charge in [0.2, 0.25) is 0 Å². The average Bonchev–Trinajstić information content (AvgIpc) is 2.56. The van der Waals surface area contributed by atoms with Gasteiger partial charge < -0.3 is 9.30 Å². The number of rotatable bonds is 4. The van der Waals surface area contributed by atoms with Crippen molar-refractivity contribution in [2.75, 3.05) is 13.2 Å². The summed E-state index contributed by atoms with van der Waals surface area (Å²) in [6.45, 7) is 6.26. The lowest BCUT2D eigenvalue weighted by Crippen LogP contribution is -2.07. The fraction of sp³-hybridized carbons (Fsp3) is 0.417. The molecule has 0 spiro atoms. The van der Waals surface area contributed by atoms with Crippen LogP contribution in [0.25, 0.3) is 11.0 Å². The van der Waals surface area contributed by atoms with E-state index in [1.807, 2.05) is 32.0 Å². The summed E-state index contributed by atoms with van der Waals surface area (Å²) in [6.07, 6.45) is 0. The number of nitrogens with zero attached hydrogens (tertiary/aromatic N) is 2. The van der Waals surface area contributed by atoms with E-state index in [0.717, 1.165) is 35.0 Å². The minimum Gasteiger partial charge on any atom is -0.380 e. The molecule has 0 N–H and O–H groups in total. The predicted molar refractivity (Wildman–Crippen MR) is 66.0 cm³/mol. The Labute approximate surface area is 100.0 Å². The van der Waals surface area contributed by atoms with E-state index in [4.69, 9.17) is 16.3 Å². The topological polar surface area (TPSA) is 27.1 Å². The van der Waals surface area contributed by atoms with Gasteiger partial charge in [-0.2, -0.15) is 0 Å². The van der Waals surface area contributed by atoms with Crippen LogP contribution in [-0.4, -0.2) is 22.8 Å². The molecule has 16 heavy (non-hydrogen) atoms. The summed E-state index contributed by atoms with van der Waals surface area (Å²) in [5.74, 6) is 0.997. The van der Waals surface area contributed by atoms with Crippen LogP contribution in [0.3, 0.4) is 0 Å². The van der Waals surface area contributed by atoms with Gasteiger partial charge in [0.05, 0.1) is 17.6 Å². The number of benzene rings is 1. The highest BCUT2D eigenvalue weighted by Gasteiger charge is 2.07. The van der Waals surface area contributed by atoms with Crippen LogP contribution in [0.15, 0.2) is 18.2 Å². The fourth-order valence-corrected chi connectivity index (χ4v) is 1.97. The molecule has 0 bridgehead atoms. The Morgan fingerprint density at radius 1 is 1.44 bits per heavy atom. The maximum Gasteiger partial charge on any atom is 0.106 e. The lowest BCUT2D eigenvalue weighted by molar-refractivity contribution is 0.139. The third-order valence-electron chi connectivity index (χ3n) is 2.56. The molecular weight excluding hydrogens is 224 g/mol. The molecule has 86 valence electrons. The number of ether oxygens (including phenoxy) is 1. The van der Waals surface area contributed by atoms with Crippen molar-refractivity contribution in [2.45, 2.75) is 20.4 Å². The van der Waals surface area contributed by atoms with Crippen molar-refractivity contribution in [1.29, 1.82) is 0 Å². The summed E-state index contributed by atoms with van der Waals surface area (Å²) >= 11 is 5.99. The lowest BCUT2D eigenvalue weighted by atomic mass is 10.3. The van der Waals surface area contributed by atoms with Crippen LogP contribution in [0.1, 0.15) is 12.7 Å². The number of hydrogen-bond acceptors (Lipinski definition) is 2. The smallest absolute Gasteiger partial charge is 0.106 e. The minimum atomic E-state index is 0.704. The second kappa shape index (κ2) is 4.85. The molecule has 1 aromatic carbocycles. The zero-order chi connectivity index (χ0) is 11.5. The largest absolute Gasteiger partial charge is 0.380 e. The van der Waals surface area contributed by atoms with Gasteiger partial charge in [-0.15, -0.1) is 0 Å². The van der Waals surface area contributed by atoms with Crippen LogP contribution in [0.2, 0.25) is 5.02 Å². The van der Waals surface area contributed by atoms with Crippen molar-refractivity contribution < 1.29 is 4.74 Å². The molecule has 1 heterocycles. The van der Waals surface area contributed by atoms with E-state index in [-0.39, 0.29) is 0 Å². The molecule has 0 aliphatic carbocycles. The number of imidazole rings is 1. The first-order chi connectivity index (χ1) is 7.72. The zero-order valence-electron chi connectivity index (χ0n) is 9.53. The number of fused-ring (bicyclic) bond motifs is 1. The lowest BCUT2D eigenvalue weighted by Gasteiger charge is -2.06. The summed E-state index contributed by atoms with van der Waals surface area (Å²) in [5, 5.41) is 0.741. The molecular formula is C12H15ClN2O. The van der Waals surface area contributed by atoms with Crippen LogP contribution in [0.4, 0.5) is 0 Å². The molecule has 0 unspecified atom stereocenters. The molecule has 0 aliphatic rings. The molecule has 0 saturated heterocycles. The van der Waals surface area contributed by atoms with Crippen molar-refractivity contribution in [3.05, 3.63) is 29.0 Å². The molecule has 2 rings (SSSR count). The van der Waals surface area contributed by atoms with E-state index in [9.17, 15) is 0 Å². The molecule has 0 fully saturated rings. The molecule has 0 amide bonds. The van der Waals surface area contributed by atoms with Crippen molar-refractivity contribution >= 4 is 22.6 Å². The fourth-order valence-electron chi connectivity index (χ4n) is 1.80. The molecule has 0 radical (unpaired) electrons. The van der Waals surface area contributed by atoms with Gasteiger partial charge in [-0.3, -0.25) is 0 Å². The van der Waals surface area contributed by atoms with Crippen LogP contribution in [0.5, 0.6) is 0 Å². The minimum absolute atomic E-state index is 0.704. The summed E-state index contributed by atoms with van der Waals surface area (Å²) < 4.78 is 7.50. The molecule has 0 atom stereocenters. The van der Waals surface area contributed by atoms with Gasteiger partial charge in [0, 0.05) is 18.2 Å². The number of halogens is 1. The zero-order valence-corrected chi connectivity index (χ0v) is 10.3. The van der Waals surface area contributed by atoms with Crippen LogP contribution in [0, 0.1) is 6.92 Å². The van der Waals surface area contributed by atoms with Gasteiger partial charge in [0.25, 0.3) is 0 Å². The van der Waals surface area contributed by atoms with Crippen molar-refractivity contribution in [3.63, 3.8) is 0 Å². The third-order valence-corrected chi connectivity index (χ3v) is 2.80. The summed E-state index contributed by atoms with van der Waals surface area (Å²) in [7, 11) is 0. The van der Waals surface area contributed by atoms with Crippen LogP contribution in [-0.2, 0) is 11.3 Å². The van der Waals surface area contributed by atoms with Crippen molar-refractivity contribution in [2.24, 2.45) is 0 Å². The maximum absolute atomic E-state index is 5.99. The number of aromatic nitrogens is 2. The standard InChI is InChI=1S/C12H15ClN2O/c1-3-16-7-6-15-9(2)14-11-5-4-10(13)8-12(11)15/h4-5,8H,3,6-7H2,1-2H3. The second-order valence-electron chi connectivity index (χ2n) is 3.64. The Kier molecular flexibility index (Phi) is 3.46. The normalized spacial score (nSPS) is 11.2. The van der Waals surface area contributed by atoms with E-state index in [0.29, 0.717) is 6.61 Å². The second-order valence-corrected chi connectivity index (χ2v) is 4.08. The molecule has 3 nitrogen and oxygen atoms in total. The third kappa shape index (κ3) is 2.20.